The minimum Gasteiger partial charge on any atom is -0.326 e. The van der Waals surface area contributed by atoms with Crippen molar-refractivity contribution in [3.05, 3.63) is 70.8 Å². The van der Waals surface area contributed by atoms with Crippen LogP contribution in [0.3, 0.4) is 0 Å². The molecule has 2 aromatic rings. The summed E-state index contributed by atoms with van der Waals surface area (Å²) in [5, 5.41) is 0. The van der Waals surface area contributed by atoms with Gasteiger partial charge in [-0.15, -0.1) is 0 Å². The Kier molecular flexibility index (Phi) is 3.54. The normalized spacial score (nSPS) is 14.2. The summed E-state index contributed by atoms with van der Waals surface area (Å²) in [6.07, 6.45) is 0.281. The van der Waals surface area contributed by atoms with Crippen LogP contribution < -0.4 is 5.73 Å². The molecule has 21 heavy (non-hydrogen) atoms. The van der Waals surface area contributed by atoms with E-state index in [1.807, 2.05) is 42.5 Å². The van der Waals surface area contributed by atoms with Crippen molar-refractivity contribution in [3.63, 3.8) is 0 Å². The molecule has 0 atom stereocenters. The lowest BCUT2D eigenvalue weighted by atomic mass is 9.98. The molecule has 0 aromatic heterocycles. The molecule has 106 valence electrons. The first-order chi connectivity index (χ1) is 10.2. The standard InChI is InChI=1S/C17H16N2O2/c18-10-12-5-7-13(8-6-12)11-19-16(20)9-14-3-1-2-4-15(14)17(19)21/h1-8H,9-11,18H2. The van der Waals surface area contributed by atoms with Gasteiger partial charge in [-0.05, 0) is 22.8 Å². The Bertz CT molecular complexity index is 692. The average molecular weight is 280 g/mol. The molecule has 1 aliphatic rings. The molecule has 1 heterocycles. The van der Waals surface area contributed by atoms with Crippen molar-refractivity contribution in [2.45, 2.75) is 19.5 Å². The second-order valence-corrected chi connectivity index (χ2v) is 5.14. The first-order valence-corrected chi connectivity index (χ1v) is 6.89. The lowest BCUT2D eigenvalue weighted by Crippen LogP contribution is -2.41. The van der Waals surface area contributed by atoms with E-state index in [0.29, 0.717) is 18.7 Å². The van der Waals surface area contributed by atoms with Crippen molar-refractivity contribution in [2.24, 2.45) is 5.73 Å². The van der Waals surface area contributed by atoms with Crippen LogP contribution in [0.5, 0.6) is 0 Å². The van der Waals surface area contributed by atoms with E-state index >= 15 is 0 Å². The molecule has 1 aliphatic heterocycles. The third-order valence-corrected chi connectivity index (χ3v) is 3.74. The number of imide groups is 1. The lowest BCUT2D eigenvalue weighted by Gasteiger charge is -2.26. The minimum atomic E-state index is -0.218. The van der Waals surface area contributed by atoms with Gasteiger partial charge in [-0.25, -0.2) is 0 Å². The van der Waals surface area contributed by atoms with Crippen LogP contribution in [0.4, 0.5) is 0 Å². The summed E-state index contributed by atoms with van der Waals surface area (Å²) in [4.78, 5) is 25.9. The van der Waals surface area contributed by atoms with Crippen LogP contribution in [0.25, 0.3) is 0 Å². The van der Waals surface area contributed by atoms with Gasteiger partial charge >= 0.3 is 0 Å². The number of amides is 2. The molecule has 2 N–H and O–H groups in total. The zero-order valence-corrected chi connectivity index (χ0v) is 11.6. The van der Waals surface area contributed by atoms with Gasteiger partial charge in [0, 0.05) is 12.1 Å². The molecule has 0 spiro atoms. The average Bonchev–Trinajstić information content (AvgIpc) is 2.52. The van der Waals surface area contributed by atoms with Crippen LogP contribution in [-0.2, 0) is 24.3 Å². The van der Waals surface area contributed by atoms with Gasteiger partial charge in [0.05, 0.1) is 13.0 Å². The molecule has 4 heteroatoms. The van der Waals surface area contributed by atoms with Gasteiger partial charge in [-0.2, -0.15) is 0 Å². The van der Waals surface area contributed by atoms with Crippen LogP contribution >= 0.6 is 0 Å². The van der Waals surface area contributed by atoms with Gasteiger partial charge < -0.3 is 5.73 Å². The Morgan fingerprint density at radius 3 is 2.33 bits per heavy atom. The number of hydrogen-bond acceptors (Lipinski definition) is 3. The number of benzene rings is 2. The van der Waals surface area contributed by atoms with Crippen LogP contribution in [0, 0.1) is 0 Å². The van der Waals surface area contributed by atoms with Gasteiger partial charge in [0.2, 0.25) is 5.91 Å². The molecule has 0 aliphatic carbocycles. The van der Waals surface area contributed by atoms with E-state index in [-0.39, 0.29) is 18.2 Å². The maximum atomic E-state index is 12.4. The van der Waals surface area contributed by atoms with Gasteiger partial charge in [0.25, 0.3) is 5.91 Å². The van der Waals surface area contributed by atoms with E-state index in [1.165, 1.54) is 4.90 Å². The van der Waals surface area contributed by atoms with Crippen molar-refractivity contribution in [1.82, 2.24) is 4.90 Å². The molecule has 0 saturated carbocycles. The fourth-order valence-corrected chi connectivity index (χ4v) is 2.52. The summed E-state index contributed by atoms with van der Waals surface area (Å²) in [6, 6.07) is 14.9. The number of carbonyl (C=O) groups excluding carboxylic acids is 2. The maximum absolute atomic E-state index is 12.4. The molecule has 0 bridgehead atoms. The second kappa shape index (κ2) is 5.50. The molecule has 0 saturated heterocycles. The second-order valence-electron chi connectivity index (χ2n) is 5.14. The van der Waals surface area contributed by atoms with Gasteiger partial charge in [-0.1, -0.05) is 42.5 Å². The summed E-state index contributed by atoms with van der Waals surface area (Å²) in [5.74, 6) is -0.369. The highest BCUT2D eigenvalue weighted by atomic mass is 16.2. The highest BCUT2D eigenvalue weighted by molar-refractivity contribution is 6.09. The molecular weight excluding hydrogens is 264 g/mol. The van der Waals surface area contributed by atoms with Crippen molar-refractivity contribution >= 4 is 11.8 Å². The largest absolute Gasteiger partial charge is 0.326 e. The van der Waals surface area contributed by atoms with Crippen LogP contribution in [0.2, 0.25) is 0 Å². The Labute approximate surface area is 123 Å². The molecule has 2 amide bonds. The van der Waals surface area contributed by atoms with E-state index in [9.17, 15) is 9.59 Å². The number of hydrogen-bond donors (Lipinski definition) is 1. The Balaban J connectivity index is 1.85. The summed E-state index contributed by atoms with van der Waals surface area (Å²) in [6.45, 7) is 0.784. The fraction of sp³-hybridized carbons (Fsp3) is 0.176. The summed E-state index contributed by atoms with van der Waals surface area (Å²) in [5.41, 5.74) is 8.94. The van der Waals surface area contributed by atoms with Crippen molar-refractivity contribution in [3.8, 4) is 0 Å². The first-order valence-electron chi connectivity index (χ1n) is 6.89. The predicted octanol–water partition coefficient (Wildman–Crippen LogP) is 1.87. The van der Waals surface area contributed by atoms with Crippen molar-refractivity contribution in [1.29, 1.82) is 0 Å². The van der Waals surface area contributed by atoms with Crippen molar-refractivity contribution in [2.75, 3.05) is 0 Å². The summed E-state index contributed by atoms with van der Waals surface area (Å²) < 4.78 is 0. The quantitative estimate of drug-likeness (QED) is 0.873. The zero-order valence-electron chi connectivity index (χ0n) is 11.6. The van der Waals surface area contributed by atoms with Gasteiger partial charge in [0.15, 0.2) is 0 Å². The Morgan fingerprint density at radius 2 is 1.62 bits per heavy atom. The fourth-order valence-electron chi connectivity index (χ4n) is 2.52. The molecule has 0 fully saturated rings. The van der Waals surface area contributed by atoms with E-state index < -0.39 is 0 Å². The predicted molar refractivity (Wildman–Crippen MR) is 79.4 cm³/mol. The monoisotopic (exact) mass is 280 g/mol. The topological polar surface area (TPSA) is 63.4 Å². The van der Waals surface area contributed by atoms with Crippen LogP contribution in [0.15, 0.2) is 48.5 Å². The third kappa shape index (κ3) is 2.58. The van der Waals surface area contributed by atoms with Gasteiger partial charge in [-0.3, -0.25) is 14.5 Å². The number of fused-ring (bicyclic) bond motifs is 1. The molecule has 2 aromatic carbocycles. The number of nitrogens with two attached hydrogens (primary N) is 1. The highest BCUT2D eigenvalue weighted by Crippen LogP contribution is 2.21. The number of carbonyl (C=O) groups is 2. The van der Waals surface area contributed by atoms with E-state index in [0.717, 1.165) is 16.7 Å². The van der Waals surface area contributed by atoms with E-state index in [4.69, 9.17) is 5.73 Å². The molecular formula is C17H16N2O2. The zero-order chi connectivity index (χ0) is 14.8. The number of rotatable bonds is 3. The molecule has 0 unspecified atom stereocenters. The molecule has 4 nitrogen and oxygen atoms in total. The molecule has 3 rings (SSSR count). The minimum absolute atomic E-state index is 0.151. The SMILES string of the molecule is NCc1ccc(CN2C(=O)Cc3ccccc3C2=O)cc1. The summed E-state index contributed by atoms with van der Waals surface area (Å²) in [7, 11) is 0. The number of nitrogens with zero attached hydrogens (tertiary/aromatic N) is 1. The summed E-state index contributed by atoms with van der Waals surface area (Å²) >= 11 is 0. The smallest absolute Gasteiger partial charge is 0.261 e. The van der Waals surface area contributed by atoms with E-state index in [2.05, 4.69) is 0 Å². The van der Waals surface area contributed by atoms with Crippen molar-refractivity contribution < 1.29 is 9.59 Å². The highest BCUT2D eigenvalue weighted by Gasteiger charge is 2.30. The van der Waals surface area contributed by atoms with Gasteiger partial charge in [0.1, 0.15) is 0 Å². The lowest BCUT2D eigenvalue weighted by molar-refractivity contribution is -0.128. The maximum Gasteiger partial charge on any atom is 0.261 e. The third-order valence-electron chi connectivity index (χ3n) is 3.74. The van der Waals surface area contributed by atoms with E-state index in [1.54, 1.807) is 6.07 Å². The molecule has 0 radical (unpaired) electrons. The Hall–Kier alpha value is -2.46. The first kappa shape index (κ1) is 13.5. The Morgan fingerprint density at radius 1 is 0.952 bits per heavy atom. The van der Waals surface area contributed by atoms with Crippen LogP contribution in [-0.4, -0.2) is 16.7 Å². The van der Waals surface area contributed by atoms with Crippen LogP contribution in [0.1, 0.15) is 27.0 Å².